The fourth-order valence-corrected chi connectivity index (χ4v) is 8.22. The van der Waals surface area contributed by atoms with Crippen LogP contribution in [0, 0.1) is 13.8 Å². The molecule has 15 nitrogen and oxygen atoms in total. The molecule has 2 aromatic heterocycles. The van der Waals surface area contributed by atoms with E-state index in [1.807, 2.05) is 44.3 Å². The molecule has 2 fully saturated rings. The van der Waals surface area contributed by atoms with Gasteiger partial charge in [-0.3, -0.25) is 23.7 Å². The van der Waals surface area contributed by atoms with Crippen LogP contribution in [0.15, 0.2) is 130 Å². The summed E-state index contributed by atoms with van der Waals surface area (Å²) in [5, 5.41) is 8.62. The van der Waals surface area contributed by atoms with Crippen LogP contribution in [0.4, 0.5) is 13.2 Å². The number of benzene rings is 4. The molecular formula is C47H51F3N6O9S2. The fraction of sp³-hybridized carbons (Fsp3) is 0.319. The molecule has 4 aromatic carbocycles. The van der Waals surface area contributed by atoms with Crippen molar-refractivity contribution in [3.63, 3.8) is 0 Å². The molecular weight excluding hydrogens is 914 g/mol. The Morgan fingerprint density at radius 1 is 0.687 bits per heavy atom. The topological polar surface area (TPSA) is 197 Å². The van der Waals surface area contributed by atoms with Crippen LogP contribution in [-0.2, 0) is 39.5 Å². The molecule has 0 spiro atoms. The summed E-state index contributed by atoms with van der Waals surface area (Å²) in [6.45, 7) is 9.29. The minimum atomic E-state index is -4.34. The first-order chi connectivity index (χ1) is 31.7. The van der Waals surface area contributed by atoms with E-state index >= 15 is 0 Å². The highest BCUT2D eigenvalue weighted by Gasteiger charge is 2.30. The Hall–Kier alpha value is -6.03. The first-order valence-corrected chi connectivity index (χ1v) is 24.0. The molecule has 20 heteroatoms. The van der Waals surface area contributed by atoms with Crippen molar-refractivity contribution in [2.24, 2.45) is 0 Å². The second kappa shape index (κ2) is 22.2. The number of carbonyl (C=O) groups is 1. The van der Waals surface area contributed by atoms with Crippen LogP contribution < -0.4 is 4.74 Å². The third-order valence-corrected chi connectivity index (χ3v) is 12.9. The SMILES string of the molecule is COc1ccc(CN2CCC(c3nnc(-c4ccc(C(=O)N5CCN(Cc6ccc(C(F)(F)F)cc6)CC5)cc4)o3)CC2)cn1.Cc1ccc(S(=O)(=O)O)cc1.Cc1ccc(S(=O)(=O)O)cc1. The molecule has 2 aliphatic heterocycles. The zero-order chi connectivity index (χ0) is 48.4. The standard InChI is InChI=1S/C33H35F3N6O3.2C7H8O3S/c1-44-29-11-4-24(20-37-29)22-40-14-12-26(13-15-40)31-39-38-30(45-31)25-5-7-27(8-6-25)32(43)42-18-16-41(17-19-42)21-23-2-9-28(10-3-23)33(34,35)36;2*1-6-2-4-7(5-3-6)11(8,9)10/h2-11,20,26H,12-19,21-22H2,1H3;2*2-5H,1H3,(H,8,9,10). The zero-order valence-electron chi connectivity index (χ0n) is 37.0. The van der Waals surface area contributed by atoms with Gasteiger partial charge in [-0.05, 0) is 112 Å². The normalized spacial score (nSPS) is 15.2. The van der Waals surface area contributed by atoms with Crippen molar-refractivity contribution in [2.75, 3.05) is 46.4 Å². The molecule has 2 aliphatic rings. The summed E-state index contributed by atoms with van der Waals surface area (Å²) < 4.78 is 109. The van der Waals surface area contributed by atoms with E-state index in [2.05, 4.69) is 25.0 Å². The van der Waals surface area contributed by atoms with E-state index in [1.54, 1.807) is 48.4 Å². The molecule has 4 heterocycles. The molecule has 0 bridgehead atoms. The number of ether oxygens (including phenoxy) is 1. The van der Waals surface area contributed by atoms with E-state index in [0.29, 0.717) is 55.9 Å². The smallest absolute Gasteiger partial charge is 0.416 e. The number of hydrogen-bond donors (Lipinski definition) is 2. The maximum atomic E-state index is 13.2. The van der Waals surface area contributed by atoms with E-state index in [4.69, 9.17) is 18.3 Å². The van der Waals surface area contributed by atoms with Gasteiger partial charge in [-0.1, -0.05) is 53.6 Å². The molecule has 1 amide bonds. The van der Waals surface area contributed by atoms with Gasteiger partial charge >= 0.3 is 6.18 Å². The van der Waals surface area contributed by atoms with Crippen molar-refractivity contribution in [2.45, 2.75) is 61.7 Å². The van der Waals surface area contributed by atoms with Gasteiger partial charge < -0.3 is 14.1 Å². The monoisotopic (exact) mass is 964 g/mol. The van der Waals surface area contributed by atoms with Gasteiger partial charge in [0.1, 0.15) is 0 Å². The number of methoxy groups -OCH3 is 1. The Kier molecular flexibility index (Phi) is 16.7. The average molecular weight is 965 g/mol. The third kappa shape index (κ3) is 14.7. The highest BCUT2D eigenvalue weighted by atomic mass is 32.2. The molecule has 6 aromatic rings. The molecule has 356 valence electrons. The maximum Gasteiger partial charge on any atom is 0.416 e. The number of aromatic nitrogens is 3. The number of hydrogen-bond acceptors (Lipinski definition) is 12. The van der Waals surface area contributed by atoms with Crippen molar-refractivity contribution in [1.82, 2.24) is 29.9 Å². The van der Waals surface area contributed by atoms with Crippen LogP contribution in [0.1, 0.15) is 62.8 Å². The number of piperazine rings is 1. The lowest BCUT2D eigenvalue weighted by Crippen LogP contribution is -2.48. The second-order valence-corrected chi connectivity index (χ2v) is 19.0. The number of alkyl halides is 3. The number of carbonyl (C=O) groups excluding carboxylic acids is 1. The van der Waals surface area contributed by atoms with Gasteiger partial charge in [-0.15, -0.1) is 10.2 Å². The van der Waals surface area contributed by atoms with Crippen molar-refractivity contribution < 1.29 is 53.1 Å². The Bertz CT molecular complexity index is 2690. The number of likely N-dealkylation sites (tertiary alicyclic amines) is 1. The first-order valence-electron chi connectivity index (χ1n) is 21.2. The molecule has 0 radical (unpaired) electrons. The summed E-state index contributed by atoms with van der Waals surface area (Å²) in [5.41, 5.74) is 4.56. The van der Waals surface area contributed by atoms with Crippen LogP contribution in [0.5, 0.6) is 5.88 Å². The number of nitrogens with zero attached hydrogens (tertiary/aromatic N) is 6. The Labute approximate surface area is 387 Å². The van der Waals surface area contributed by atoms with Crippen molar-refractivity contribution >= 4 is 26.1 Å². The lowest BCUT2D eigenvalue weighted by atomic mass is 9.96. The average Bonchev–Trinajstić information content (AvgIpc) is 3.80. The van der Waals surface area contributed by atoms with E-state index in [-0.39, 0.29) is 21.6 Å². The van der Waals surface area contributed by atoms with Gasteiger partial charge in [0.25, 0.3) is 26.1 Å². The second-order valence-electron chi connectivity index (χ2n) is 16.1. The van der Waals surface area contributed by atoms with Gasteiger partial charge in [0.05, 0.1) is 22.5 Å². The highest BCUT2D eigenvalue weighted by Crippen LogP contribution is 2.31. The molecule has 0 saturated carbocycles. The van der Waals surface area contributed by atoms with Crippen LogP contribution >= 0.6 is 0 Å². The summed E-state index contributed by atoms with van der Waals surface area (Å²) in [6.07, 6.45) is -0.635. The minimum absolute atomic E-state index is 0.0564. The fourth-order valence-electron chi connectivity index (χ4n) is 7.26. The number of halogens is 3. The van der Waals surface area contributed by atoms with Crippen LogP contribution in [0.3, 0.4) is 0 Å². The van der Waals surface area contributed by atoms with Crippen molar-refractivity contribution in [3.8, 4) is 17.3 Å². The number of aryl methyl sites for hydroxylation is 2. The van der Waals surface area contributed by atoms with Crippen LogP contribution in [0.2, 0.25) is 0 Å². The van der Waals surface area contributed by atoms with Crippen LogP contribution in [0.25, 0.3) is 11.5 Å². The van der Waals surface area contributed by atoms with E-state index in [0.717, 1.165) is 72.4 Å². The predicted octanol–water partition coefficient (Wildman–Crippen LogP) is 7.98. The molecule has 0 unspecified atom stereocenters. The highest BCUT2D eigenvalue weighted by molar-refractivity contribution is 7.86. The minimum Gasteiger partial charge on any atom is -0.481 e. The predicted molar refractivity (Wildman–Crippen MR) is 242 cm³/mol. The number of amides is 1. The van der Waals surface area contributed by atoms with Crippen molar-refractivity contribution in [3.05, 3.63) is 155 Å². The lowest BCUT2D eigenvalue weighted by molar-refractivity contribution is -0.137. The summed E-state index contributed by atoms with van der Waals surface area (Å²) >= 11 is 0. The molecule has 2 N–H and O–H groups in total. The van der Waals surface area contributed by atoms with Crippen LogP contribution in [-0.4, -0.2) is 108 Å². The third-order valence-electron chi connectivity index (χ3n) is 11.2. The summed E-state index contributed by atoms with van der Waals surface area (Å²) in [6, 6.07) is 28.4. The van der Waals surface area contributed by atoms with E-state index in [1.165, 1.54) is 36.4 Å². The van der Waals surface area contributed by atoms with Gasteiger partial charge in [-0.25, -0.2) is 4.98 Å². The molecule has 8 rings (SSSR count). The molecule has 0 aliphatic carbocycles. The summed E-state index contributed by atoms with van der Waals surface area (Å²) in [4.78, 5) is 23.7. The Morgan fingerprint density at radius 3 is 1.67 bits per heavy atom. The molecule has 0 atom stereocenters. The quantitative estimate of drug-likeness (QED) is 0.125. The van der Waals surface area contributed by atoms with E-state index in [9.17, 15) is 34.8 Å². The molecule has 67 heavy (non-hydrogen) atoms. The zero-order valence-corrected chi connectivity index (χ0v) is 38.6. The number of piperidine rings is 1. The number of rotatable bonds is 10. The van der Waals surface area contributed by atoms with Gasteiger partial charge in [-0.2, -0.15) is 30.0 Å². The van der Waals surface area contributed by atoms with Gasteiger partial charge in [0.2, 0.25) is 17.7 Å². The number of pyridine rings is 1. The first kappa shape index (κ1) is 50.4. The van der Waals surface area contributed by atoms with E-state index < -0.39 is 32.0 Å². The Morgan fingerprint density at radius 2 is 1.19 bits per heavy atom. The lowest BCUT2D eigenvalue weighted by Gasteiger charge is -2.34. The molecule has 2 saturated heterocycles. The summed E-state index contributed by atoms with van der Waals surface area (Å²) in [5.74, 6) is 1.84. The largest absolute Gasteiger partial charge is 0.481 e. The summed E-state index contributed by atoms with van der Waals surface area (Å²) in [7, 11) is -6.43. The van der Waals surface area contributed by atoms with Crippen molar-refractivity contribution in [1.29, 1.82) is 0 Å². The maximum absolute atomic E-state index is 13.2. The Balaban J connectivity index is 0.000000274. The van der Waals surface area contributed by atoms with Gasteiger partial charge in [0, 0.05) is 68.6 Å². The van der Waals surface area contributed by atoms with Gasteiger partial charge in [0.15, 0.2) is 0 Å².